The van der Waals surface area contributed by atoms with Gasteiger partial charge in [-0.1, -0.05) is 26.0 Å². The number of aromatic nitrogens is 1. The molecule has 0 fully saturated rings. The molecule has 0 unspecified atom stereocenters. The first-order chi connectivity index (χ1) is 15.8. The number of carbonyl (C=O) groups excluding carboxylic acids is 2. The molecule has 0 bridgehead atoms. The van der Waals surface area contributed by atoms with Crippen LogP contribution in [0.5, 0.6) is 0 Å². The number of nitrogens with one attached hydrogen (secondary N) is 1. The summed E-state index contributed by atoms with van der Waals surface area (Å²) in [7, 11) is 1.66. The van der Waals surface area contributed by atoms with E-state index in [1.165, 1.54) is 0 Å². The molecule has 1 aromatic carbocycles. The average molecular weight is 451 g/mol. The topological polar surface area (TPSA) is 90.3 Å². The van der Waals surface area contributed by atoms with Gasteiger partial charge in [-0.25, -0.2) is 9.99 Å². The van der Waals surface area contributed by atoms with Gasteiger partial charge in [0.2, 0.25) is 0 Å². The van der Waals surface area contributed by atoms with Crippen LogP contribution in [0.2, 0.25) is 0 Å². The number of hydrogen-bond acceptors (Lipinski definition) is 5. The number of anilines is 1. The Hall–Kier alpha value is -3.55. The minimum atomic E-state index is -0.333. The van der Waals surface area contributed by atoms with Crippen molar-refractivity contribution in [2.75, 3.05) is 12.4 Å². The smallest absolute Gasteiger partial charge is 0.256 e. The van der Waals surface area contributed by atoms with Gasteiger partial charge in [-0.2, -0.15) is 5.10 Å². The average Bonchev–Trinajstić information content (AvgIpc) is 3.14. The number of fused-ring (bicyclic) bond motifs is 1. The van der Waals surface area contributed by atoms with Crippen LogP contribution in [0.1, 0.15) is 73.5 Å². The fourth-order valence-corrected chi connectivity index (χ4v) is 3.51. The molecule has 0 radical (unpaired) electrons. The molecule has 1 aromatic heterocycles. The summed E-state index contributed by atoms with van der Waals surface area (Å²) >= 11 is 0. The van der Waals surface area contributed by atoms with Crippen molar-refractivity contribution in [3.63, 3.8) is 0 Å². The summed E-state index contributed by atoms with van der Waals surface area (Å²) in [4.78, 5) is 36.1. The number of aliphatic imine (C=N–C) groups is 1. The molecule has 2 heterocycles. The number of rotatable bonds is 6. The molecule has 8 heteroatoms. The van der Waals surface area contributed by atoms with Crippen LogP contribution in [-0.2, 0) is 6.54 Å². The Bertz CT molecular complexity index is 1040. The molecule has 33 heavy (non-hydrogen) atoms. The third kappa shape index (κ3) is 5.63. The van der Waals surface area contributed by atoms with Gasteiger partial charge in [0.25, 0.3) is 11.8 Å². The van der Waals surface area contributed by atoms with Crippen molar-refractivity contribution in [1.82, 2.24) is 14.9 Å². The lowest BCUT2D eigenvalue weighted by Crippen LogP contribution is -2.33. The van der Waals surface area contributed by atoms with E-state index in [4.69, 9.17) is 0 Å². The summed E-state index contributed by atoms with van der Waals surface area (Å²) in [5, 5.41) is 8.50. The molecule has 176 valence electrons. The van der Waals surface area contributed by atoms with E-state index in [9.17, 15) is 9.59 Å². The summed E-state index contributed by atoms with van der Waals surface area (Å²) in [5.74, 6) is 0.556. The fraction of sp³-hybridized carbons (Fsp3) is 0.400. The molecule has 1 N–H and O–H groups in total. The predicted octanol–water partition coefficient (Wildman–Crippen LogP) is 4.43. The Labute approximate surface area is 196 Å². The molecule has 0 atom stereocenters. The Balaban J connectivity index is 0.00000187. The Morgan fingerprint density at radius 2 is 1.88 bits per heavy atom. The van der Waals surface area contributed by atoms with Crippen LogP contribution in [0.25, 0.3) is 0 Å². The molecule has 2 amide bonds. The molecule has 0 spiro atoms. The first-order valence-corrected chi connectivity index (χ1v) is 11.2. The number of pyridine rings is 1. The third-order valence-electron chi connectivity index (χ3n) is 5.12. The highest BCUT2D eigenvalue weighted by Gasteiger charge is 2.29. The van der Waals surface area contributed by atoms with Gasteiger partial charge >= 0.3 is 0 Å². The van der Waals surface area contributed by atoms with Crippen molar-refractivity contribution < 1.29 is 9.59 Å². The Morgan fingerprint density at radius 1 is 1.18 bits per heavy atom. The molecule has 8 nitrogen and oxygen atoms in total. The maximum Gasteiger partial charge on any atom is 0.256 e. The molecule has 1 aliphatic heterocycles. The minimum absolute atomic E-state index is 0.0469. The van der Waals surface area contributed by atoms with Crippen molar-refractivity contribution in [3.05, 3.63) is 58.8 Å². The first kappa shape index (κ1) is 25.7. The van der Waals surface area contributed by atoms with Crippen LogP contribution < -0.4 is 5.32 Å². The predicted molar refractivity (Wildman–Crippen MR) is 134 cm³/mol. The van der Waals surface area contributed by atoms with Crippen LogP contribution in [-0.4, -0.2) is 58.4 Å². The van der Waals surface area contributed by atoms with Gasteiger partial charge in [0.15, 0.2) is 5.84 Å². The molecule has 1 aliphatic rings. The van der Waals surface area contributed by atoms with E-state index in [0.29, 0.717) is 35.0 Å². The second kappa shape index (κ2) is 11.4. The molecule has 0 aliphatic carbocycles. The van der Waals surface area contributed by atoms with Crippen LogP contribution in [0.15, 0.2) is 46.5 Å². The zero-order valence-corrected chi connectivity index (χ0v) is 20.6. The molecule has 0 saturated carbocycles. The summed E-state index contributed by atoms with van der Waals surface area (Å²) in [6.07, 6.45) is 0. The second-order valence-corrected chi connectivity index (χ2v) is 7.89. The number of carbonyl (C=O) groups is 2. The molecule has 0 saturated heterocycles. The summed E-state index contributed by atoms with van der Waals surface area (Å²) in [6, 6.07) is 10.7. The SMILES string of the molecule is C=NN(C(=NC)c1cccc(NC(=O)c2ccc3c(c2)C(=O)N(C(C)C)C3)n1)C(C)C.CC. The highest BCUT2D eigenvalue weighted by Crippen LogP contribution is 2.26. The fourth-order valence-electron chi connectivity index (χ4n) is 3.51. The van der Waals surface area contributed by atoms with Gasteiger partial charge in [0, 0.05) is 43.5 Å². The van der Waals surface area contributed by atoms with Crippen LogP contribution in [0.3, 0.4) is 0 Å². The number of hydrazone groups is 1. The van der Waals surface area contributed by atoms with Crippen LogP contribution in [0.4, 0.5) is 5.82 Å². The van der Waals surface area contributed by atoms with E-state index in [2.05, 4.69) is 27.1 Å². The minimum Gasteiger partial charge on any atom is -0.332 e. The van der Waals surface area contributed by atoms with E-state index in [1.54, 1.807) is 47.3 Å². The molecular formula is C25H34N6O2. The van der Waals surface area contributed by atoms with Crippen LogP contribution in [0, 0.1) is 0 Å². The van der Waals surface area contributed by atoms with E-state index < -0.39 is 0 Å². The van der Waals surface area contributed by atoms with Crippen molar-refractivity contribution in [3.8, 4) is 0 Å². The lowest BCUT2D eigenvalue weighted by molar-refractivity contribution is 0.0730. The van der Waals surface area contributed by atoms with Crippen molar-refractivity contribution in [2.45, 2.75) is 60.2 Å². The monoisotopic (exact) mass is 450 g/mol. The number of nitrogens with zero attached hydrogens (tertiary/aromatic N) is 5. The largest absolute Gasteiger partial charge is 0.332 e. The number of hydrogen-bond donors (Lipinski definition) is 1. The number of amidine groups is 1. The molecular weight excluding hydrogens is 416 g/mol. The maximum absolute atomic E-state index is 12.8. The van der Waals surface area contributed by atoms with E-state index in [-0.39, 0.29) is 23.9 Å². The third-order valence-corrected chi connectivity index (χ3v) is 5.12. The zero-order chi connectivity index (χ0) is 24.7. The quantitative estimate of drug-likeness (QED) is 0.401. The summed E-state index contributed by atoms with van der Waals surface area (Å²) in [6.45, 7) is 16.1. The van der Waals surface area contributed by atoms with Gasteiger partial charge in [0.1, 0.15) is 11.5 Å². The lowest BCUT2D eigenvalue weighted by atomic mass is 10.1. The van der Waals surface area contributed by atoms with E-state index in [0.717, 1.165) is 5.56 Å². The standard InChI is InChI=1S/C23H28N6O2.C2H6/c1-14(2)28-13-17-11-10-16(12-18(17)23(28)31)22(30)27-20-9-7-8-19(26-20)21(24-5)29(25-6)15(3)4;1-2/h7-12,14-15H,6,13H2,1-5H3,(H,26,27,30);1-2H3. The Morgan fingerprint density at radius 3 is 2.45 bits per heavy atom. The zero-order valence-electron chi connectivity index (χ0n) is 20.6. The number of amides is 2. The Kier molecular flexibility index (Phi) is 8.85. The highest BCUT2D eigenvalue weighted by molar-refractivity contribution is 6.07. The van der Waals surface area contributed by atoms with Gasteiger partial charge in [0.05, 0.1) is 0 Å². The maximum atomic E-state index is 12.8. The van der Waals surface area contributed by atoms with Crippen LogP contribution >= 0.6 is 0 Å². The van der Waals surface area contributed by atoms with Gasteiger partial charge < -0.3 is 10.2 Å². The van der Waals surface area contributed by atoms with Crippen molar-refractivity contribution >= 4 is 30.2 Å². The molecule has 3 rings (SSSR count). The normalized spacial score (nSPS) is 12.9. The van der Waals surface area contributed by atoms with Gasteiger partial charge in [-0.15, -0.1) is 0 Å². The van der Waals surface area contributed by atoms with Gasteiger partial charge in [-0.3, -0.25) is 14.6 Å². The van der Waals surface area contributed by atoms with Crippen molar-refractivity contribution in [1.29, 1.82) is 0 Å². The highest BCUT2D eigenvalue weighted by atomic mass is 16.2. The van der Waals surface area contributed by atoms with E-state index >= 15 is 0 Å². The van der Waals surface area contributed by atoms with Crippen molar-refractivity contribution in [2.24, 2.45) is 10.1 Å². The second-order valence-electron chi connectivity index (χ2n) is 7.89. The summed E-state index contributed by atoms with van der Waals surface area (Å²) < 4.78 is 0. The van der Waals surface area contributed by atoms with Gasteiger partial charge in [-0.05, 0) is 57.5 Å². The summed E-state index contributed by atoms with van der Waals surface area (Å²) in [5.41, 5.74) is 2.49. The first-order valence-electron chi connectivity index (χ1n) is 11.2. The molecule has 2 aromatic rings. The van der Waals surface area contributed by atoms with E-state index in [1.807, 2.05) is 47.6 Å². The number of benzene rings is 1. The lowest BCUT2D eigenvalue weighted by Gasteiger charge is -2.23.